The molecule has 2 heterocycles. The second-order valence-electron chi connectivity index (χ2n) is 8.81. The minimum absolute atomic E-state index is 0.289. The zero-order valence-corrected chi connectivity index (χ0v) is 18.0. The molecule has 0 saturated heterocycles. The standard InChI is InChI=1S/C27H22ClNO/c1-26(2)23-16-17(28)12-13-24(23)29(3)27(26)15-14-22-20-10-5-4-8-18(20)19-9-6-7-11-21(19)25(22)30-27/h4-16H,1-3H3. The summed E-state index contributed by atoms with van der Waals surface area (Å²) in [5, 5.41) is 5.59. The Morgan fingerprint density at radius 1 is 0.833 bits per heavy atom. The summed E-state index contributed by atoms with van der Waals surface area (Å²) in [7, 11) is 2.11. The molecule has 4 aromatic carbocycles. The topological polar surface area (TPSA) is 12.5 Å². The van der Waals surface area contributed by atoms with E-state index >= 15 is 0 Å². The van der Waals surface area contributed by atoms with E-state index in [4.69, 9.17) is 16.3 Å². The molecule has 1 spiro atoms. The fraction of sp³-hybridized carbons (Fsp3) is 0.185. The number of nitrogens with zero attached hydrogens (tertiary/aromatic N) is 1. The summed E-state index contributed by atoms with van der Waals surface area (Å²) in [6.07, 6.45) is 4.48. The predicted octanol–water partition coefficient (Wildman–Crippen LogP) is 7.18. The predicted molar refractivity (Wildman–Crippen MR) is 127 cm³/mol. The molecule has 2 nitrogen and oxygen atoms in total. The highest BCUT2D eigenvalue weighted by Crippen LogP contribution is 2.56. The van der Waals surface area contributed by atoms with Crippen LogP contribution in [0.25, 0.3) is 27.6 Å². The number of benzene rings is 4. The quantitative estimate of drug-likeness (QED) is 0.284. The molecular weight excluding hydrogens is 390 g/mol. The van der Waals surface area contributed by atoms with Crippen LogP contribution in [0.3, 0.4) is 0 Å². The van der Waals surface area contributed by atoms with E-state index in [0.29, 0.717) is 0 Å². The van der Waals surface area contributed by atoms with Gasteiger partial charge in [0.05, 0.1) is 5.41 Å². The van der Waals surface area contributed by atoms with E-state index in [1.807, 2.05) is 6.07 Å². The van der Waals surface area contributed by atoms with Crippen molar-refractivity contribution in [2.45, 2.75) is 25.0 Å². The van der Waals surface area contributed by atoms with Gasteiger partial charge in [-0.1, -0.05) is 60.1 Å². The van der Waals surface area contributed by atoms with Gasteiger partial charge < -0.3 is 9.64 Å². The molecule has 1 unspecified atom stereocenters. The minimum atomic E-state index is -0.627. The minimum Gasteiger partial charge on any atom is -0.462 e. The van der Waals surface area contributed by atoms with Gasteiger partial charge in [0.25, 0.3) is 0 Å². The van der Waals surface area contributed by atoms with Gasteiger partial charge in [0.1, 0.15) is 5.75 Å². The van der Waals surface area contributed by atoms with Crippen molar-refractivity contribution in [2.24, 2.45) is 0 Å². The first kappa shape index (κ1) is 17.9. The molecule has 0 saturated carbocycles. The summed E-state index contributed by atoms with van der Waals surface area (Å²) in [4.78, 5) is 2.25. The molecule has 0 amide bonds. The number of fused-ring (bicyclic) bond motifs is 7. The van der Waals surface area contributed by atoms with E-state index in [0.717, 1.165) is 27.4 Å². The highest BCUT2D eigenvalue weighted by atomic mass is 35.5. The molecule has 0 fully saturated rings. The van der Waals surface area contributed by atoms with Crippen LogP contribution >= 0.6 is 11.6 Å². The Labute approximate surface area is 181 Å². The van der Waals surface area contributed by atoms with Gasteiger partial charge in [-0.15, -0.1) is 0 Å². The summed E-state index contributed by atoms with van der Waals surface area (Å²) in [6, 6.07) is 23.2. The highest BCUT2D eigenvalue weighted by molar-refractivity contribution is 6.30. The van der Waals surface area contributed by atoms with Gasteiger partial charge >= 0.3 is 0 Å². The summed E-state index contributed by atoms with van der Waals surface area (Å²) in [5.74, 6) is 0.950. The third kappa shape index (κ3) is 2.05. The third-order valence-corrected chi connectivity index (χ3v) is 7.28. The first-order chi connectivity index (χ1) is 14.4. The van der Waals surface area contributed by atoms with Crippen LogP contribution in [0.4, 0.5) is 5.69 Å². The first-order valence-electron chi connectivity index (χ1n) is 10.3. The molecule has 3 heteroatoms. The molecule has 148 valence electrons. The summed E-state index contributed by atoms with van der Waals surface area (Å²) >= 11 is 6.37. The lowest BCUT2D eigenvalue weighted by atomic mass is 9.76. The van der Waals surface area contributed by atoms with Crippen LogP contribution in [0.1, 0.15) is 25.0 Å². The second-order valence-corrected chi connectivity index (χ2v) is 9.25. The van der Waals surface area contributed by atoms with Gasteiger partial charge in [-0.3, -0.25) is 0 Å². The normalized spacial score (nSPS) is 21.1. The number of ether oxygens (including phenoxy) is 1. The van der Waals surface area contributed by atoms with Crippen LogP contribution < -0.4 is 9.64 Å². The van der Waals surface area contributed by atoms with E-state index < -0.39 is 5.72 Å². The van der Waals surface area contributed by atoms with E-state index in [1.165, 1.54) is 21.7 Å². The van der Waals surface area contributed by atoms with Crippen molar-refractivity contribution in [2.75, 3.05) is 11.9 Å². The van der Waals surface area contributed by atoms with Crippen molar-refractivity contribution in [1.29, 1.82) is 0 Å². The molecule has 0 N–H and O–H groups in total. The number of hydrogen-bond donors (Lipinski definition) is 0. The maximum Gasteiger partial charge on any atom is 0.211 e. The molecule has 0 radical (unpaired) electrons. The molecule has 0 bridgehead atoms. The van der Waals surface area contributed by atoms with Gasteiger partial charge in [0.2, 0.25) is 5.72 Å². The van der Waals surface area contributed by atoms with Crippen LogP contribution in [0, 0.1) is 0 Å². The molecule has 6 rings (SSSR count). The van der Waals surface area contributed by atoms with Crippen molar-refractivity contribution in [3.8, 4) is 5.75 Å². The zero-order chi connectivity index (χ0) is 20.7. The van der Waals surface area contributed by atoms with Crippen molar-refractivity contribution < 1.29 is 4.74 Å². The molecule has 1 atom stereocenters. The highest BCUT2D eigenvalue weighted by Gasteiger charge is 2.57. The fourth-order valence-corrected chi connectivity index (χ4v) is 5.58. The number of hydrogen-bond acceptors (Lipinski definition) is 2. The Morgan fingerprint density at radius 2 is 1.47 bits per heavy atom. The largest absolute Gasteiger partial charge is 0.462 e. The Kier molecular flexibility index (Phi) is 3.45. The van der Waals surface area contributed by atoms with Crippen LogP contribution in [0.2, 0.25) is 5.02 Å². The van der Waals surface area contributed by atoms with Crippen molar-refractivity contribution >= 4 is 44.9 Å². The van der Waals surface area contributed by atoms with Crippen LogP contribution in [-0.4, -0.2) is 12.8 Å². The van der Waals surface area contributed by atoms with Crippen molar-refractivity contribution in [3.05, 3.63) is 89.0 Å². The monoisotopic (exact) mass is 411 g/mol. The Hall–Kier alpha value is -2.97. The first-order valence-corrected chi connectivity index (χ1v) is 10.7. The van der Waals surface area contributed by atoms with Gasteiger partial charge in [0, 0.05) is 28.7 Å². The summed E-state index contributed by atoms with van der Waals surface area (Å²) in [5.41, 5.74) is 2.59. The average molecular weight is 412 g/mol. The van der Waals surface area contributed by atoms with Crippen LogP contribution in [0.5, 0.6) is 5.75 Å². The summed E-state index contributed by atoms with van der Waals surface area (Å²) in [6.45, 7) is 4.48. The van der Waals surface area contributed by atoms with E-state index in [2.05, 4.69) is 98.6 Å². The van der Waals surface area contributed by atoms with Crippen molar-refractivity contribution in [3.63, 3.8) is 0 Å². The molecule has 0 aromatic heterocycles. The number of rotatable bonds is 0. The van der Waals surface area contributed by atoms with Crippen molar-refractivity contribution in [1.82, 2.24) is 0 Å². The third-order valence-electron chi connectivity index (χ3n) is 7.04. The van der Waals surface area contributed by atoms with E-state index in [-0.39, 0.29) is 5.41 Å². The zero-order valence-electron chi connectivity index (χ0n) is 17.2. The Bertz CT molecular complexity index is 1390. The lowest BCUT2D eigenvalue weighted by Crippen LogP contribution is -2.58. The van der Waals surface area contributed by atoms with Gasteiger partial charge in [-0.25, -0.2) is 0 Å². The van der Waals surface area contributed by atoms with Gasteiger partial charge in [-0.05, 0) is 65.9 Å². The molecule has 2 aliphatic rings. The lowest BCUT2D eigenvalue weighted by Gasteiger charge is -2.46. The lowest BCUT2D eigenvalue weighted by molar-refractivity contribution is 0.0600. The smallest absolute Gasteiger partial charge is 0.211 e. The summed E-state index contributed by atoms with van der Waals surface area (Å²) < 4.78 is 7.05. The fourth-order valence-electron chi connectivity index (χ4n) is 5.41. The number of anilines is 1. The van der Waals surface area contributed by atoms with E-state index in [9.17, 15) is 0 Å². The number of likely N-dealkylation sites (N-methyl/N-ethyl adjacent to an activating group) is 1. The van der Waals surface area contributed by atoms with Crippen LogP contribution in [-0.2, 0) is 5.41 Å². The SMILES string of the molecule is CN1c2ccc(Cl)cc2C(C)(C)C12C=Cc1c(c3ccccc3c3ccccc13)O2. The molecular formula is C27H22ClNO. The molecule has 4 aromatic rings. The second kappa shape index (κ2) is 5.80. The Morgan fingerprint density at radius 3 is 2.20 bits per heavy atom. The molecule has 0 aliphatic carbocycles. The maximum absolute atomic E-state index is 7.05. The number of halogens is 1. The van der Waals surface area contributed by atoms with E-state index in [1.54, 1.807) is 0 Å². The van der Waals surface area contributed by atoms with Gasteiger partial charge in [0.15, 0.2) is 0 Å². The van der Waals surface area contributed by atoms with Crippen LogP contribution in [0.15, 0.2) is 72.8 Å². The maximum atomic E-state index is 7.05. The van der Waals surface area contributed by atoms with Gasteiger partial charge in [-0.2, -0.15) is 0 Å². The molecule has 2 aliphatic heterocycles. The Balaban J connectivity index is 1.66. The molecule has 30 heavy (non-hydrogen) atoms. The average Bonchev–Trinajstić information content (AvgIpc) is 2.92.